The number of urea groups is 1. The minimum absolute atomic E-state index is 0.0669. The van der Waals surface area contributed by atoms with Crippen LogP contribution in [0.1, 0.15) is 69.2 Å². The first-order chi connectivity index (χ1) is 14.0. The number of rotatable bonds is 6. The van der Waals surface area contributed by atoms with Crippen LogP contribution in [-0.4, -0.2) is 26.7 Å². The first-order valence-corrected chi connectivity index (χ1v) is 10.4. The lowest BCUT2D eigenvalue weighted by molar-refractivity contribution is -0.115. The highest BCUT2D eigenvalue weighted by Crippen LogP contribution is 2.23. The molecule has 1 aliphatic rings. The van der Waals surface area contributed by atoms with E-state index >= 15 is 0 Å². The Morgan fingerprint density at radius 3 is 2.72 bits per heavy atom. The molecule has 0 radical (unpaired) electrons. The van der Waals surface area contributed by atoms with Gasteiger partial charge in [-0.1, -0.05) is 26.3 Å². The van der Waals surface area contributed by atoms with Crippen molar-refractivity contribution < 1.29 is 9.59 Å². The number of nitrogens with one attached hydrogen (secondary N) is 3. The second kappa shape index (κ2) is 9.54. The van der Waals surface area contributed by atoms with Gasteiger partial charge in [0.05, 0.1) is 6.04 Å². The van der Waals surface area contributed by atoms with Gasteiger partial charge in [-0.3, -0.25) is 4.79 Å². The highest BCUT2D eigenvalue weighted by atomic mass is 16.2. The summed E-state index contributed by atoms with van der Waals surface area (Å²) in [5, 5.41) is 17.4. The minimum Gasteiger partial charge on any atom is -0.328 e. The quantitative estimate of drug-likeness (QED) is 0.686. The summed E-state index contributed by atoms with van der Waals surface area (Å²) in [5.74, 6) is 1.76. The predicted octanol–water partition coefficient (Wildman–Crippen LogP) is 3.93. The molecule has 0 aliphatic carbocycles. The van der Waals surface area contributed by atoms with Crippen molar-refractivity contribution in [1.82, 2.24) is 20.1 Å². The fourth-order valence-electron chi connectivity index (χ4n) is 3.51. The van der Waals surface area contributed by atoms with Gasteiger partial charge in [-0.05, 0) is 43.9 Å². The van der Waals surface area contributed by atoms with Crippen LogP contribution < -0.4 is 16.0 Å². The van der Waals surface area contributed by atoms with Crippen LogP contribution in [0.4, 0.5) is 16.2 Å². The minimum atomic E-state index is -0.301. The summed E-state index contributed by atoms with van der Waals surface area (Å²) in [5.41, 5.74) is 2.23. The summed E-state index contributed by atoms with van der Waals surface area (Å²) in [6.07, 6.45) is 5.49. The van der Waals surface area contributed by atoms with Crippen LogP contribution in [0.2, 0.25) is 0 Å². The number of aromatic nitrogens is 3. The molecule has 8 heteroatoms. The van der Waals surface area contributed by atoms with Crippen LogP contribution in [0.3, 0.4) is 0 Å². The van der Waals surface area contributed by atoms with Crippen molar-refractivity contribution in [1.29, 1.82) is 0 Å². The van der Waals surface area contributed by atoms with Crippen LogP contribution in [0, 0.1) is 6.92 Å². The molecule has 1 aromatic carbocycles. The van der Waals surface area contributed by atoms with E-state index in [0.29, 0.717) is 17.8 Å². The normalized spacial score (nSPS) is 14.4. The highest BCUT2D eigenvalue weighted by Gasteiger charge is 2.22. The summed E-state index contributed by atoms with van der Waals surface area (Å²) in [6.45, 7) is 6.63. The van der Waals surface area contributed by atoms with E-state index in [9.17, 15) is 9.59 Å². The van der Waals surface area contributed by atoms with Crippen molar-refractivity contribution >= 4 is 23.3 Å². The zero-order valence-electron chi connectivity index (χ0n) is 17.4. The van der Waals surface area contributed by atoms with Gasteiger partial charge < -0.3 is 20.5 Å². The maximum atomic E-state index is 12.7. The Labute approximate surface area is 171 Å². The molecule has 8 nitrogen and oxygen atoms in total. The number of anilines is 2. The second-order valence-electron chi connectivity index (χ2n) is 7.43. The molecule has 0 bridgehead atoms. The summed E-state index contributed by atoms with van der Waals surface area (Å²) in [4.78, 5) is 24.3. The Morgan fingerprint density at radius 1 is 1.14 bits per heavy atom. The number of aryl methyl sites for hydroxylation is 2. The van der Waals surface area contributed by atoms with Gasteiger partial charge in [0.2, 0.25) is 5.91 Å². The first-order valence-electron chi connectivity index (χ1n) is 10.4. The van der Waals surface area contributed by atoms with Crippen LogP contribution >= 0.6 is 0 Å². The maximum absolute atomic E-state index is 12.7. The van der Waals surface area contributed by atoms with Gasteiger partial charge in [-0.2, -0.15) is 0 Å². The number of carbonyl (C=O) groups excluding carboxylic acids is 2. The Morgan fingerprint density at radius 2 is 1.97 bits per heavy atom. The Bertz CT molecular complexity index is 876. The fraction of sp³-hybridized carbons (Fsp3) is 0.524. The molecule has 2 heterocycles. The molecule has 1 atom stereocenters. The molecule has 1 aliphatic heterocycles. The van der Waals surface area contributed by atoms with E-state index in [1.54, 1.807) is 13.0 Å². The molecular weight excluding hydrogens is 368 g/mol. The molecule has 156 valence electrons. The molecular formula is C21H30N6O2. The average molecular weight is 399 g/mol. The van der Waals surface area contributed by atoms with Crippen molar-refractivity contribution in [3.8, 4) is 0 Å². The van der Waals surface area contributed by atoms with Crippen LogP contribution in [0.5, 0.6) is 0 Å². The van der Waals surface area contributed by atoms with Crippen LogP contribution in [0.15, 0.2) is 18.2 Å². The number of nitrogens with zero attached hydrogens (tertiary/aromatic N) is 3. The molecule has 2 aromatic rings. The highest BCUT2D eigenvalue weighted by molar-refractivity contribution is 5.94. The van der Waals surface area contributed by atoms with Gasteiger partial charge in [-0.25, -0.2) is 4.79 Å². The molecule has 3 N–H and O–H groups in total. The number of hydrogen-bond acceptors (Lipinski definition) is 4. The zero-order valence-corrected chi connectivity index (χ0v) is 17.4. The van der Waals surface area contributed by atoms with Gasteiger partial charge >= 0.3 is 6.03 Å². The number of fused-ring (bicyclic) bond motifs is 1. The molecule has 0 fully saturated rings. The number of carbonyl (C=O) groups is 2. The van der Waals surface area contributed by atoms with E-state index < -0.39 is 0 Å². The third kappa shape index (κ3) is 5.13. The summed E-state index contributed by atoms with van der Waals surface area (Å²) < 4.78 is 2.16. The van der Waals surface area contributed by atoms with E-state index in [1.807, 2.05) is 26.0 Å². The summed E-state index contributed by atoms with van der Waals surface area (Å²) in [6, 6.07) is 4.96. The zero-order chi connectivity index (χ0) is 20.8. The SMILES string of the molecule is CCC(=O)Nc1ccc(C)c(NC(=O)N[C@@H](CC)c2nnc3n2CCCCC3)c1. The van der Waals surface area contributed by atoms with E-state index in [-0.39, 0.29) is 18.0 Å². The van der Waals surface area contributed by atoms with Crippen LogP contribution in [-0.2, 0) is 17.8 Å². The van der Waals surface area contributed by atoms with Crippen molar-refractivity contribution in [2.24, 2.45) is 0 Å². The van der Waals surface area contributed by atoms with Crippen molar-refractivity contribution in [2.45, 2.75) is 71.9 Å². The largest absolute Gasteiger partial charge is 0.328 e. The molecule has 0 unspecified atom stereocenters. The van der Waals surface area contributed by atoms with E-state index in [0.717, 1.165) is 49.4 Å². The Kier molecular flexibility index (Phi) is 6.85. The summed E-state index contributed by atoms with van der Waals surface area (Å²) >= 11 is 0. The lowest BCUT2D eigenvalue weighted by atomic mass is 10.1. The van der Waals surface area contributed by atoms with E-state index in [4.69, 9.17) is 0 Å². The second-order valence-corrected chi connectivity index (χ2v) is 7.43. The first kappa shape index (κ1) is 20.8. The molecule has 0 saturated carbocycles. The molecule has 0 saturated heterocycles. The monoisotopic (exact) mass is 398 g/mol. The molecule has 0 spiro atoms. The molecule has 3 amide bonds. The van der Waals surface area contributed by atoms with E-state index in [2.05, 4.69) is 30.7 Å². The Hall–Kier alpha value is -2.90. The van der Waals surface area contributed by atoms with Crippen molar-refractivity contribution in [2.75, 3.05) is 10.6 Å². The lowest BCUT2D eigenvalue weighted by Gasteiger charge is -2.19. The van der Waals surface area contributed by atoms with Gasteiger partial charge in [-0.15, -0.1) is 10.2 Å². The summed E-state index contributed by atoms with van der Waals surface area (Å²) in [7, 11) is 0. The van der Waals surface area contributed by atoms with E-state index in [1.165, 1.54) is 6.42 Å². The molecule has 3 rings (SSSR count). The number of hydrogen-bond donors (Lipinski definition) is 3. The van der Waals surface area contributed by atoms with Gasteiger partial charge in [0, 0.05) is 30.8 Å². The maximum Gasteiger partial charge on any atom is 0.319 e. The van der Waals surface area contributed by atoms with Gasteiger partial charge in [0.15, 0.2) is 5.82 Å². The van der Waals surface area contributed by atoms with Crippen molar-refractivity contribution in [3.63, 3.8) is 0 Å². The van der Waals surface area contributed by atoms with Crippen LogP contribution in [0.25, 0.3) is 0 Å². The van der Waals surface area contributed by atoms with Crippen molar-refractivity contribution in [3.05, 3.63) is 35.4 Å². The topological polar surface area (TPSA) is 101 Å². The molecule has 29 heavy (non-hydrogen) atoms. The van der Waals surface area contributed by atoms with Gasteiger partial charge in [0.25, 0.3) is 0 Å². The third-order valence-corrected chi connectivity index (χ3v) is 5.25. The smallest absolute Gasteiger partial charge is 0.319 e. The average Bonchev–Trinajstić information content (AvgIpc) is 2.96. The molecule has 1 aromatic heterocycles. The number of amides is 3. The number of benzene rings is 1. The predicted molar refractivity (Wildman–Crippen MR) is 113 cm³/mol. The fourth-order valence-corrected chi connectivity index (χ4v) is 3.51. The standard InChI is InChI=1S/C21H30N6O2/c1-4-16(20-26-25-18-9-7-6-8-12-27(18)20)23-21(29)24-17-13-15(11-10-14(17)3)22-19(28)5-2/h10-11,13,16H,4-9,12H2,1-3H3,(H,22,28)(H2,23,24,29)/t16-/m0/s1. The third-order valence-electron chi connectivity index (χ3n) is 5.25. The van der Waals surface area contributed by atoms with Gasteiger partial charge in [0.1, 0.15) is 5.82 Å². The lowest BCUT2D eigenvalue weighted by Crippen LogP contribution is -2.34. The Balaban J connectivity index is 1.70.